The molecule has 0 fully saturated rings. The Morgan fingerprint density at radius 3 is 1.86 bits per heavy atom. The van der Waals surface area contributed by atoms with E-state index in [4.69, 9.17) is 5.11 Å². The predicted octanol–water partition coefficient (Wildman–Crippen LogP) is 2.99. The minimum Gasteiger partial charge on any atom is -0.480 e. The van der Waals surface area contributed by atoms with Crippen LogP contribution >= 0.6 is 0 Å². The smallest absolute Gasteiger partial charge is 0.326 e. The minimum atomic E-state index is -1.06. The predicted molar refractivity (Wildman–Crippen MR) is 83.8 cm³/mol. The number of amides is 1. The second-order valence-corrected chi connectivity index (χ2v) is 5.39. The monoisotopic (exact) mass is 289 g/mol. The number of carbonyl (C=O) groups is 2. The van der Waals surface area contributed by atoms with E-state index in [-0.39, 0.29) is 12.3 Å². The molecule has 0 saturated heterocycles. The molecule has 1 aromatic rings. The number of nitrogens with one attached hydrogen (secondary N) is 1. The molecule has 1 aromatic carbocycles. The Labute approximate surface area is 125 Å². The molecule has 0 radical (unpaired) electrons. The lowest BCUT2D eigenvalue weighted by Gasteiger charge is -2.20. The van der Waals surface area contributed by atoms with E-state index < -0.39 is 12.0 Å². The van der Waals surface area contributed by atoms with Gasteiger partial charge in [0, 0.05) is 5.56 Å². The molecule has 0 spiro atoms. The maximum absolute atomic E-state index is 12.5. The number of hydrogen-bond donors (Lipinski definition) is 2. The molecule has 4 nitrogen and oxygen atoms in total. The second kappa shape index (κ2) is 6.57. The molecular weight excluding hydrogens is 266 g/mol. The number of carboxylic acids is 1. The van der Waals surface area contributed by atoms with Gasteiger partial charge in [-0.1, -0.05) is 6.08 Å². The number of benzene rings is 1. The van der Waals surface area contributed by atoms with Gasteiger partial charge in [0.05, 0.1) is 0 Å². The van der Waals surface area contributed by atoms with Crippen LogP contribution in [0.3, 0.4) is 0 Å². The standard InChI is InChI=1S/C17H23NO3/c1-7-8-14(17(20)21)18-16(19)15-12(5)10(3)9(2)11(4)13(15)6/h7,14H,1,8H2,2-6H3,(H,18,19)(H,20,21). The molecule has 1 unspecified atom stereocenters. The third kappa shape index (κ3) is 3.32. The van der Waals surface area contributed by atoms with Crippen LogP contribution in [0.25, 0.3) is 0 Å². The van der Waals surface area contributed by atoms with Gasteiger partial charge in [-0.05, 0) is 68.9 Å². The molecule has 4 heteroatoms. The summed E-state index contributed by atoms with van der Waals surface area (Å²) in [6.07, 6.45) is 1.69. The van der Waals surface area contributed by atoms with Crippen LogP contribution in [0.2, 0.25) is 0 Å². The van der Waals surface area contributed by atoms with Crippen LogP contribution in [0.5, 0.6) is 0 Å². The highest BCUT2D eigenvalue weighted by molar-refractivity contribution is 5.99. The van der Waals surface area contributed by atoms with Gasteiger partial charge in [0.25, 0.3) is 5.91 Å². The maximum Gasteiger partial charge on any atom is 0.326 e. The van der Waals surface area contributed by atoms with E-state index in [0.29, 0.717) is 5.56 Å². The number of rotatable bonds is 5. The van der Waals surface area contributed by atoms with Gasteiger partial charge in [0.2, 0.25) is 0 Å². The molecule has 0 bridgehead atoms. The first-order valence-electron chi connectivity index (χ1n) is 6.93. The zero-order chi connectivity index (χ0) is 16.3. The quantitative estimate of drug-likeness (QED) is 0.819. The molecular formula is C17H23NO3. The van der Waals surface area contributed by atoms with Gasteiger partial charge in [-0.3, -0.25) is 4.79 Å². The van der Waals surface area contributed by atoms with E-state index in [1.165, 1.54) is 11.6 Å². The van der Waals surface area contributed by atoms with E-state index in [0.717, 1.165) is 22.3 Å². The molecule has 0 aromatic heterocycles. The van der Waals surface area contributed by atoms with Gasteiger partial charge in [-0.2, -0.15) is 0 Å². The minimum absolute atomic E-state index is 0.197. The average Bonchev–Trinajstić information content (AvgIpc) is 2.42. The van der Waals surface area contributed by atoms with Crippen LogP contribution in [-0.4, -0.2) is 23.0 Å². The highest BCUT2D eigenvalue weighted by Crippen LogP contribution is 2.26. The van der Waals surface area contributed by atoms with E-state index in [9.17, 15) is 9.59 Å². The molecule has 114 valence electrons. The maximum atomic E-state index is 12.5. The van der Waals surface area contributed by atoms with Crippen molar-refractivity contribution in [2.24, 2.45) is 0 Å². The normalized spacial score (nSPS) is 11.9. The number of aliphatic carboxylic acids is 1. The van der Waals surface area contributed by atoms with Crippen molar-refractivity contribution in [2.75, 3.05) is 0 Å². The van der Waals surface area contributed by atoms with Gasteiger partial charge in [-0.15, -0.1) is 6.58 Å². The van der Waals surface area contributed by atoms with Gasteiger partial charge < -0.3 is 10.4 Å². The lowest BCUT2D eigenvalue weighted by Crippen LogP contribution is -2.41. The highest BCUT2D eigenvalue weighted by atomic mass is 16.4. The summed E-state index contributed by atoms with van der Waals surface area (Å²) in [5.74, 6) is -1.40. The van der Waals surface area contributed by atoms with Crippen molar-refractivity contribution in [3.05, 3.63) is 46.0 Å². The third-order valence-corrected chi connectivity index (χ3v) is 4.23. The fraction of sp³-hybridized carbons (Fsp3) is 0.412. The van der Waals surface area contributed by atoms with Crippen molar-refractivity contribution in [1.29, 1.82) is 0 Å². The Kier molecular flexibility index (Phi) is 5.30. The summed E-state index contributed by atoms with van der Waals surface area (Å²) in [6.45, 7) is 13.3. The molecule has 0 aliphatic heterocycles. The Balaban J connectivity index is 3.25. The first kappa shape index (κ1) is 17.0. The molecule has 0 saturated carbocycles. The Hall–Kier alpha value is -2.10. The fourth-order valence-corrected chi connectivity index (χ4v) is 2.46. The van der Waals surface area contributed by atoms with Gasteiger partial charge in [0.1, 0.15) is 6.04 Å². The lowest BCUT2D eigenvalue weighted by atomic mass is 9.89. The van der Waals surface area contributed by atoms with Crippen molar-refractivity contribution in [1.82, 2.24) is 5.32 Å². The van der Waals surface area contributed by atoms with Crippen molar-refractivity contribution in [2.45, 2.75) is 47.1 Å². The van der Waals surface area contributed by atoms with Crippen molar-refractivity contribution in [3.8, 4) is 0 Å². The molecule has 2 N–H and O–H groups in total. The van der Waals surface area contributed by atoms with Gasteiger partial charge >= 0.3 is 5.97 Å². The van der Waals surface area contributed by atoms with Crippen LogP contribution in [0.4, 0.5) is 0 Å². The average molecular weight is 289 g/mol. The van der Waals surface area contributed by atoms with Gasteiger partial charge in [0.15, 0.2) is 0 Å². The molecule has 1 rings (SSSR count). The van der Waals surface area contributed by atoms with Crippen molar-refractivity contribution in [3.63, 3.8) is 0 Å². The third-order valence-electron chi connectivity index (χ3n) is 4.23. The zero-order valence-corrected chi connectivity index (χ0v) is 13.3. The summed E-state index contributed by atoms with van der Waals surface area (Å²) in [5.41, 5.74) is 5.68. The van der Waals surface area contributed by atoms with Crippen LogP contribution in [0, 0.1) is 34.6 Å². The summed E-state index contributed by atoms with van der Waals surface area (Å²) in [5, 5.41) is 11.7. The summed E-state index contributed by atoms with van der Waals surface area (Å²) in [7, 11) is 0. The summed E-state index contributed by atoms with van der Waals surface area (Å²) in [4.78, 5) is 23.6. The Morgan fingerprint density at radius 1 is 1.05 bits per heavy atom. The van der Waals surface area contributed by atoms with Crippen LogP contribution < -0.4 is 5.32 Å². The molecule has 0 aliphatic carbocycles. The van der Waals surface area contributed by atoms with Crippen LogP contribution in [0.1, 0.15) is 44.6 Å². The van der Waals surface area contributed by atoms with E-state index >= 15 is 0 Å². The zero-order valence-electron chi connectivity index (χ0n) is 13.3. The molecule has 1 amide bonds. The van der Waals surface area contributed by atoms with E-state index in [1.807, 2.05) is 34.6 Å². The molecule has 0 aliphatic rings. The first-order valence-corrected chi connectivity index (χ1v) is 6.93. The summed E-state index contributed by atoms with van der Waals surface area (Å²) in [6, 6.07) is -0.948. The SMILES string of the molecule is C=CCC(NC(=O)c1c(C)c(C)c(C)c(C)c1C)C(=O)O. The molecule has 1 atom stereocenters. The number of hydrogen-bond acceptors (Lipinski definition) is 2. The summed E-state index contributed by atoms with van der Waals surface area (Å²) >= 11 is 0. The number of carboxylic acid groups (broad SMARTS) is 1. The topological polar surface area (TPSA) is 66.4 Å². The van der Waals surface area contributed by atoms with E-state index in [1.54, 1.807) is 0 Å². The van der Waals surface area contributed by atoms with Crippen LogP contribution in [-0.2, 0) is 4.79 Å². The highest BCUT2D eigenvalue weighted by Gasteiger charge is 2.23. The largest absolute Gasteiger partial charge is 0.480 e. The van der Waals surface area contributed by atoms with E-state index in [2.05, 4.69) is 11.9 Å². The lowest BCUT2D eigenvalue weighted by molar-refractivity contribution is -0.139. The summed E-state index contributed by atoms with van der Waals surface area (Å²) < 4.78 is 0. The number of carbonyl (C=O) groups excluding carboxylic acids is 1. The molecule has 0 heterocycles. The fourth-order valence-electron chi connectivity index (χ4n) is 2.46. The van der Waals surface area contributed by atoms with Crippen molar-refractivity contribution < 1.29 is 14.7 Å². The molecule has 21 heavy (non-hydrogen) atoms. The van der Waals surface area contributed by atoms with Gasteiger partial charge in [-0.25, -0.2) is 4.79 Å². The van der Waals surface area contributed by atoms with Crippen molar-refractivity contribution >= 4 is 11.9 Å². The Bertz CT molecular complexity index is 574. The van der Waals surface area contributed by atoms with Crippen LogP contribution in [0.15, 0.2) is 12.7 Å². The Morgan fingerprint density at radius 2 is 1.48 bits per heavy atom. The second-order valence-electron chi connectivity index (χ2n) is 5.39. The first-order chi connectivity index (χ1) is 9.72.